The lowest BCUT2D eigenvalue weighted by molar-refractivity contribution is 0.168. The van der Waals surface area contributed by atoms with Gasteiger partial charge in [-0.1, -0.05) is 0 Å². The van der Waals surface area contributed by atoms with Crippen LogP contribution >= 0.6 is 12.4 Å². The van der Waals surface area contributed by atoms with Crippen LogP contribution in [0.1, 0.15) is 0 Å². The monoisotopic (exact) mass is 189 g/mol. The SMILES string of the molecule is Cl.O=S(=O)(O)N1CCOC1. The van der Waals surface area contributed by atoms with Crippen molar-refractivity contribution in [3.63, 3.8) is 0 Å². The van der Waals surface area contributed by atoms with E-state index in [4.69, 9.17) is 4.55 Å². The van der Waals surface area contributed by atoms with E-state index in [-0.39, 0.29) is 25.7 Å². The van der Waals surface area contributed by atoms with Crippen molar-refractivity contribution in [2.75, 3.05) is 19.9 Å². The molecule has 1 N–H and O–H groups in total. The Morgan fingerprint density at radius 2 is 2.10 bits per heavy atom. The minimum atomic E-state index is -3.99. The van der Waals surface area contributed by atoms with Crippen LogP contribution < -0.4 is 0 Å². The van der Waals surface area contributed by atoms with Crippen molar-refractivity contribution in [2.45, 2.75) is 0 Å². The largest absolute Gasteiger partial charge is 0.364 e. The fourth-order valence-corrected chi connectivity index (χ4v) is 1.09. The van der Waals surface area contributed by atoms with Crippen LogP contribution in [0.3, 0.4) is 0 Å². The Kier molecular flexibility index (Phi) is 3.54. The van der Waals surface area contributed by atoms with Crippen molar-refractivity contribution in [3.05, 3.63) is 0 Å². The number of hydrogen-bond acceptors (Lipinski definition) is 3. The molecule has 1 aliphatic rings. The molecule has 5 nitrogen and oxygen atoms in total. The van der Waals surface area contributed by atoms with Crippen LogP contribution in [0.5, 0.6) is 0 Å². The Balaban J connectivity index is 0.000000810. The molecule has 10 heavy (non-hydrogen) atoms. The third-order valence-corrected chi connectivity index (χ3v) is 1.99. The summed E-state index contributed by atoms with van der Waals surface area (Å²) in [6.07, 6.45) is 0. The van der Waals surface area contributed by atoms with Gasteiger partial charge < -0.3 is 4.74 Å². The highest BCUT2D eigenvalue weighted by Crippen LogP contribution is 2.02. The van der Waals surface area contributed by atoms with Gasteiger partial charge in [0, 0.05) is 6.54 Å². The molecule has 0 amide bonds. The van der Waals surface area contributed by atoms with Gasteiger partial charge >= 0.3 is 10.3 Å². The van der Waals surface area contributed by atoms with Crippen LogP contribution in [0.15, 0.2) is 0 Å². The molecule has 0 aliphatic carbocycles. The van der Waals surface area contributed by atoms with Crippen molar-refractivity contribution in [2.24, 2.45) is 0 Å². The van der Waals surface area contributed by atoms with Gasteiger partial charge in [0.15, 0.2) is 0 Å². The highest BCUT2D eigenvalue weighted by molar-refractivity contribution is 7.83. The topological polar surface area (TPSA) is 66.8 Å². The summed E-state index contributed by atoms with van der Waals surface area (Å²) < 4.78 is 34.3. The first-order valence-corrected chi connectivity index (χ1v) is 3.81. The Morgan fingerprint density at radius 1 is 1.50 bits per heavy atom. The van der Waals surface area contributed by atoms with Crippen LogP contribution in [0.2, 0.25) is 0 Å². The second-order valence-corrected chi connectivity index (χ2v) is 3.10. The van der Waals surface area contributed by atoms with Crippen molar-refractivity contribution in [3.8, 4) is 0 Å². The predicted molar refractivity (Wildman–Crippen MR) is 36.3 cm³/mol. The van der Waals surface area contributed by atoms with Crippen LogP contribution in [0, 0.1) is 0 Å². The molecule has 0 atom stereocenters. The standard InChI is InChI=1S/C3H7NO4S.ClH/c5-9(6,7)4-1-2-8-3-4;/h1-3H2,(H,5,6,7);1H. The Morgan fingerprint density at radius 3 is 2.30 bits per heavy atom. The van der Waals surface area contributed by atoms with Crippen LogP contribution in [-0.4, -0.2) is 37.2 Å². The number of nitrogens with zero attached hydrogens (tertiary/aromatic N) is 1. The second-order valence-electron chi connectivity index (χ2n) is 1.69. The molecule has 0 aromatic rings. The van der Waals surface area contributed by atoms with Gasteiger partial charge in [-0.05, 0) is 0 Å². The second kappa shape index (κ2) is 3.49. The smallest absolute Gasteiger partial charge is 0.337 e. The molecule has 0 radical (unpaired) electrons. The average Bonchev–Trinajstić information content (AvgIpc) is 2.08. The van der Waals surface area contributed by atoms with Crippen molar-refractivity contribution in [1.82, 2.24) is 4.31 Å². The molecule has 1 fully saturated rings. The lowest BCUT2D eigenvalue weighted by Gasteiger charge is -2.05. The third kappa shape index (κ3) is 2.39. The maximum atomic E-state index is 10.2. The molecule has 62 valence electrons. The first-order valence-electron chi connectivity index (χ1n) is 2.41. The molecular weight excluding hydrogens is 182 g/mol. The lowest BCUT2D eigenvalue weighted by atomic mass is 10.7. The van der Waals surface area contributed by atoms with Gasteiger partial charge in [-0.15, -0.1) is 12.4 Å². The van der Waals surface area contributed by atoms with Crippen LogP contribution in [0.25, 0.3) is 0 Å². The summed E-state index contributed by atoms with van der Waals surface area (Å²) in [5.74, 6) is 0. The van der Waals surface area contributed by atoms with Crippen molar-refractivity contribution in [1.29, 1.82) is 0 Å². The maximum absolute atomic E-state index is 10.2. The van der Waals surface area contributed by atoms with Gasteiger partial charge in [0.2, 0.25) is 0 Å². The predicted octanol–water partition coefficient (Wildman–Crippen LogP) is -0.499. The van der Waals surface area contributed by atoms with E-state index in [1.165, 1.54) is 0 Å². The Bertz CT molecular complexity index is 185. The van der Waals surface area contributed by atoms with Gasteiger partial charge in [-0.3, -0.25) is 4.55 Å². The molecule has 1 saturated heterocycles. The molecule has 7 heteroatoms. The molecule has 1 heterocycles. The van der Waals surface area contributed by atoms with Crippen LogP contribution in [-0.2, 0) is 15.0 Å². The van der Waals surface area contributed by atoms with Gasteiger partial charge in [-0.2, -0.15) is 12.7 Å². The molecule has 0 unspecified atom stereocenters. The summed E-state index contributed by atoms with van der Waals surface area (Å²) in [6.45, 7) is 0.581. The fourth-order valence-electron chi connectivity index (χ4n) is 0.579. The summed E-state index contributed by atoms with van der Waals surface area (Å²) in [5, 5.41) is 0. The number of ether oxygens (including phenoxy) is 1. The summed E-state index contributed by atoms with van der Waals surface area (Å²) in [5.41, 5.74) is 0. The summed E-state index contributed by atoms with van der Waals surface area (Å²) >= 11 is 0. The van der Waals surface area contributed by atoms with E-state index >= 15 is 0 Å². The Hall–Kier alpha value is 0.120. The summed E-state index contributed by atoms with van der Waals surface area (Å²) in [4.78, 5) is 0. The molecule has 1 rings (SSSR count). The van der Waals surface area contributed by atoms with Crippen LogP contribution in [0.4, 0.5) is 0 Å². The zero-order valence-corrected chi connectivity index (χ0v) is 6.69. The van der Waals surface area contributed by atoms with Crippen molar-refractivity contribution >= 4 is 22.7 Å². The molecule has 0 saturated carbocycles. The summed E-state index contributed by atoms with van der Waals surface area (Å²) in [6, 6.07) is 0. The molecule has 0 aromatic carbocycles. The minimum absolute atomic E-state index is 0. The van der Waals surface area contributed by atoms with E-state index in [0.29, 0.717) is 6.61 Å². The van der Waals surface area contributed by atoms with Gasteiger partial charge in [0.1, 0.15) is 6.73 Å². The fraction of sp³-hybridized carbons (Fsp3) is 1.00. The first-order chi connectivity index (χ1) is 4.11. The summed E-state index contributed by atoms with van der Waals surface area (Å²) in [7, 11) is -3.99. The molecule has 0 bridgehead atoms. The normalized spacial score (nSPS) is 20.5. The zero-order valence-electron chi connectivity index (χ0n) is 5.06. The van der Waals surface area contributed by atoms with E-state index in [1.807, 2.05) is 0 Å². The molecular formula is C3H8ClNO4S. The zero-order chi connectivity index (χ0) is 6.91. The molecule has 0 aromatic heterocycles. The Labute approximate surface area is 65.3 Å². The minimum Gasteiger partial charge on any atom is -0.364 e. The van der Waals surface area contributed by atoms with E-state index in [0.717, 1.165) is 4.31 Å². The highest BCUT2D eigenvalue weighted by Gasteiger charge is 2.22. The number of hydrogen-bond donors (Lipinski definition) is 1. The van der Waals surface area contributed by atoms with Gasteiger partial charge in [-0.25, -0.2) is 0 Å². The quantitative estimate of drug-likeness (QED) is 0.565. The lowest BCUT2D eigenvalue weighted by Crippen LogP contribution is -2.27. The third-order valence-electron chi connectivity index (χ3n) is 1.05. The van der Waals surface area contributed by atoms with Gasteiger partial charge in [0.25, 0.3) is 0 Å². The average molecular weight is 190 g/mol. The highest BCUT2D eigenvalue weighted by atomic mass is 35.5. The number of rotatable bonds is 1. The first kappa shape index (κ1) is 10.1. The number of halogens is 1. The maximum Gasteiger partial charge on any atom is 0.337 e. The van der Waals surface area contributed by atoms with Crippen molar-refractivity contribution < 1.29 is 17.7 Å². The van der Waals surface area contributed by atoms with E-state index in [1.54, 1.807) is 0 Å². The van der Waals surface area contributed by atoms with Gasteiger partial charge in [0.05, 0.1) is 6.61 Å². The van der Waals surface area contributed by atoms with E-state index < -0.39 is 10.3 Å². The molecule has 0 spiro atoms. The van der Waals surface area contributed by atoms with E-state index in [2.05, 4.69) is 4.74 Å². The molecule has 1 aliphatic heterocycles. The van der Waals surface area contributed by atoms with E-state index in [9.17, 15) is 8.42 Å².